The number of carbonyl (C=O) groups excluding carboxylic acids is 1. The molecular formula is C30H26N4O4S2. The standard InChI is InChI=1S/C30H26N4O4S2/c1-2-38-20-13-11-19(12-14-20)34-29(37)27-22-8-5-9-25(22)40-28(27)32-30(34)39-17-26(36)33-31-16-23-21-7-4-3-6-18(21)10-15-24(23)35/h3-4,6-7,10-16,35H,2,5,8-9,17H2,1H3,(H,33,36). The van der Waals surface area contributed by atoms with Crippen molar-refractivity contribution >= 4 is 56.2 Å². The third-order valence-electron chi connectivity index (χ3n) is 6.78. The van der Waals surface area contributed by atoms with Gasteiger partial charge in [0.25, 0.3) is 11.5 Å². The highest BCUT2D eigenvalue weighted by atomic mass is 32.2. The molecule has 8 nitrogen and oxygen atoms in total. The Balaban J connectivity index is 1.26. The van der Waals surface area contributed by atoms with Crippen LogP contribution in [0.3, 0.4) is 0 Å². The maximum Gasteiger partial charge on any atom is 0.267 e. The van der Waals surface area contributed by atoms with Crippen molar-refractivity contribution in [3.05, 3.63) is 87.0 Å². The first-order chi connectivity index (χ1) is 19.5. The number of ether oxygens (including phenoxy) is 1. The van der Waals surface area contributed by atoms with Gasteiger partial charge in [0.2, 0.25) is 0 Å². The first-order valence-electron chi connectivity index (χ1n) is 13.0. The fourth-order valence-electron chi connectivity index (χ4n) is 4.96. The van der Waals surface area contributed by atoms with Gasteiger partial charge in [0.15, 0.2) is 5.16 Å². The summed E-state index contributed by atoms with van der Waals surface area (Å²) in [6.07, 6.45) is 4.34. The predicted molar refractivity (Wildman–Crippen MR) is 160 cm³/mol. The Hall–Kier alpha value is -4.15. The molecule has 202 valence electrons. The molecule has 0 fully saturated rings. The number of carbonyl (C=O) groups is 1. The van der Waals surface area contributed by atoms with Crippen LogP contribution in [-0.4, -0.2) is 39.1 Å². The van der Waals surface area contributed by atoms with Crippen LogP contribution in [0.1, 0.15) is 29.3 Å². The van der Waals surface area contributed by atoms with Crippen LogP contribution in [0.5, 0.6) is 11.5 Å². The van der Waals surface area contributed by atoms with Crippen molar-refractivity contribution in [2.75, 3.05) is 12.4 Å². The Labute approximate surface area is 238 Å². The Kier molecular flexibility index (Phi) is 7.27. The normalized spacial score (nSPS) is 12.8. The number of aromatic hydroxyl groups is 1. The number of aryl methyl sites for hydroxylation is 2. The van der Waals surface area contributed by atoms with Crippen LogP contribution in [0.2, 0.25) is 0 Å². The minimum Gasteiger partial charge on any atom is -0.507 e. The molecule has 0 aliphatic heterocycles. The number of hydrogen-bond acceptors (Lipinski definition) is 8. The molecule has 0 bridgehead atoms. The Morgan fingerprint density at radius 3 is 2.83 bits per heavy atom. The van der Waals surface area contributed by atoms with Crippen LogP contribution in [0.25, 0.3) is 26.7 Å². The molecular weight excluding hydrogens is 544 g/mol. The van der Waals surface area contributed by atoms with Crippen LogP contribution < -0.4 is 15.7 Å². The second-order valence-electron chi connectivity index (χ2n) is 9.30. The lowest BCUT2D eigenvalue weighted by Gasteiger charge is -2.13. The van der Waals surface area contributed by atoms with E-state index in [0.29, 0.717) is 39.0 Å². The van der Waals surface area contributed by atoms with Crippen LogP contribution in [-0.2, 0) is 17.6 Å². The fourth-order valence-corrected chi connectivity index (χ4v) is 7.07. The highest BCUT2D eigenvalue weighted by molar-refractivity contribution is 7.99. The van der Waals surface area contributed by atoms with Crippen LogP contribution in [0.4, 0.5) is 0 Å². The zero-order valence-corrected chi connectivity index (χ0v) is 23.3. The van der Waals surface area contributed by atoms with Crippen molar-refractivity contribution in [2.45, 2.75) is 31.3 Å². The molecule has 5 aromatic rings. The minimum atomic E-state index is -0.359. The van der Waals surface area contributed by atoms with E-state index in [1.54, 1.807) is 22.0 Å². The third kappa shape index (κ3) is 4.96. The summed E-state index contributed by atoms with van der Waals surface area (Å²) in [6, 6.07) is 18.4. The number of nitrogens with one attached hydrogen (secondary N) is 1. The van der Waals surface area contributed by atoms with Gasteiger partial charge in [-0.2, -0.15) is 5.10 Å². The number of aromatic nitrogens is 2. The zero-order chi connectivity index (χ0) is 27.6. The average molecular weight is 571 g/mol. The number of fused-ring (bicyclic) bond motifs is 4. The van der Waals surface area contributed by atoms with Gasteiger partial charge in [-0.25, -0.2) is 10.4 Å². The van der Waals surface area contributed by atoms with Gasteiger partial charge in [0, 0.05) is 10.4 Å². The largest absolute Gasteiger partial charge is 0.507 e. The smallest absolute Gasteiger partial charge is 0.267 e. The number of rotatable bonds is 8. The molecule has 0 radical (unpaired) electrons. The summed E-state index contributed by atoms with van der Waals surface area (Å²) in [5.74, 6) is 0.431. The van der Waals surface area contributed by atoms with Gasteiger partial charge in [-0.1, -0.05) is 42.1 Å². The molecule has 40 heavy (non-hydrogen) atoms. The summed E-state index contributed by atoms with van der Waals surface area (Å²) in [5.41, 5.74) is 4.69. The molecule has 2 heterocycles. The van der Waals surface area contributed by atoms with Gasteiger partial charge >= 0.3 is 0 Å². The van der Waals surface area contributed by atoms with Gasteiger partial charge in [0.1, 0.15) is 16.3 Å². The maximum atomic E-state index is 13.8. The number of hydrazone groups is 1. The monoisotopic (exact) mass is 570 g/mol. The van der Waals surface area contributed by atoms with Crippen molar-refractivity contribution in [1.29, 1.82) is 0 Å². The van der Waals surface area contributed by atoms with E-state index in [2.05, 4.69) is 10.5 Å². The molecule has 6 rings (SSSR count). The number of phenolic OH excluding ortho intramolecular Hbond substituents is 1. The van der Waals surface area contributed by atoms with Crippen LogP contribution >= 0.6 is 23.1 Å². The van der Waals surface area contributed by atoms with Crippen molar-refractivity contribution < 1.29 is 14.6 Å². The van der Waals surface area contributed by atoms with E-state index >= 15 is 0 Å². The second-order valence-corrected chi connectivity index (χ2v) is 11.3. The minimum absolute atomic E-state index is 0.00107. The molecule has 0 saturated carbocycles. The van der Waals surface area contributed by atoms with Crippen molar-refractivity contribution in [3.63, 3.8) is 0 Å². The van der Waals surface area contributed by atoms with Gasteiger partial charge in [-0.3, -0.25) is 14.2 Å². The molecule has 10 heteroatoms. The van der Waals surface area contributed by atoms with Crippen molar-refractivity contribution in [3.8, 4) is 17.2 Å². The molecule has 2 aromatic heterocycles. The number of nitrogens with zero attached hydrogens (tertiary/aromatic N) is 3. The third-order valence-corrected chi connectivity index (χ3v) is 8.90. The van der Waals surface area contributed by atoms with Crippen molar-refractivity contribution in [2.24, 2.45) is 5.10 Å². The second kappa shape index (κ2) is 11.1. The van der Waals surface area contributed by atoms with Gasteiger partial charge in [-0.05, 0) is 72.9 Å². The number of benzene rings is 3. The molecule has 3 aromatic carbocycles. The molecule has 1 aliphatic carbocycles. The van der Waals surface area contributed by atoms with E-state index < -0.39 is 0 Å². The van der Waals surface area contributed by atoms with Gasteiger partial charge < -0.3 is 9.84 Å². The highest BCUT2D eigenvalue weighted by Gasteiger charge is 2.24. The lowest BCUT2D eigenvalue weighted by atomic mass is 10.0. The first kappa shape index (κ1) is 26.1. The Morgan fingerprint density at radius 2 is 2.00 bits per heavy atom. The van der Waals surface area contributed by atoms with Crippen molar-refractivity contribution in [1.82, 2.24) is 15.0 Å². The Bertz CT molecular complexity index is 1830. The SMILES string of the molecule is CCOc1ccc(-n2c(SCC(=O)NN=Cc3c(O)ccc4ccccc34)nc3sc4c(c3c2=O)CCC4)cc1. The summed E-state index contributed by atoms with van der Waals surface area (Å²) in [5, 5.41) is 17.3. The number of amides is 1. The van der Waals surface area contributed by atoms with E-state index in [4.69, 9.17) is 9.72 Å². The lowest BCUT2D eigenvalue weighted by Crippen LogP contribution is -2.24. The van der Waals surface area contributed by atoms with E-state index in [1.165, 1.54) is 22.9 Å². The molecule has 0 saturated heterocycles. The lowest BCUT2D eigenvalue weighted by molar-refractivity contribution is -0.118. The van der Waals surface area contributed by atoms with E-state index in [9.17, 15) is 14.7 Å². The number of hydrogen-bond donors (Lipinski definition) is 2. The highest BCUT2D eigenvalue weighted by Crippen LogP contribution is 2.36. The molecule has 2 N–H and O–H groups in total. The molecule has 1 aliphatic rings. The summed E-state index contributed by atoms with van der Waals surface area (Å²) in [7, 11) is 0. The first-order valence-corrected chi connectivity index (χ1v) is 14.8. The molecule has 1 amide bonds. The fraction of sp³-hybridized carbons (Fsp3) is 0.200. The quantitative estimate of drug-likeness (QED) is 0.111. The molecule has 0 atom stereocenters. The number of thiophene rings is 1. The summed E-state index contributed by atoms with van der Waals surface area (Å²) < 4.78 is 7.15. The Morgan fingerprint density at radius 1 is 1.18 bits per heavy atom. The van der Waals surface area contributed by atoms with E-state index in [1.807, 2.05) is 61.5 Å². The van der Waals surface area contributed by atoms with E-state index in [0.717, 1.165) is 35.6 Å². The summed E-state index contributed by atoms with van der Waals surface area (Å²) in [4.78, 5) is 33.4. The van der Waals surface area contributed by atoms with Gasteiger partial charge in [-0.15, -0.1) is 11.3 Å². The zero-order valence-electron chi connectivity index (χ0n) is 21.7. The van der Waals surface area contributed by atoms with E-state index in [-0.39, 0.29) is 23.0 Å². The van der Waals surface area contributed by atoms with Crippen LogP contribution in [0, 0.1) is 0 Å². The number of thioether (sulfide) groups is 1. The van der Waals surface area contributed by atoms with Crippen LogP contribution in [0.15, 0.2) is 75.7 Å². The topological polar surface area (TPSA) is 106 Å². The summed E-state index contributed by atoms with van der Waals surface area (Å²) in [6.45, 7) is 2.47. The average Bonchev–Trinajstić information content (AvgIpc) is 3.55. The summed E-state index contributed by atoms with van der Waals surface area (Å²) >= 11 is 2.75. The predicted octanol–water partition coefficient (Wildman–Crippen LogP) is 5.44. The molecule has 0 spiro atoms. The molecule has 0 unspecified atom stereocenters. The van der Waals surface area contributed by atoms with Gasteiger partial charge in [0.05, 0.1) is 29.6 Å². The maximum absolute atomic E-state index is 13.8. The number of phenols is 1.